The number of carbonyl (C=O) groups is 2. The topological polar surface area (TPSA) is 63.6 Å². The van der Waals surface area contributed by atoms with E-state index in [1.807, 2.05) is 0 Å². The van der Waals surface area contributed by atoms with Gasteiger partial charge in [-0.1, -0.05) is 0 Å². The van der Waals surface area contributed by atoms with Crippen molar-refractivity contribution in [3.63, 3.8) is 0 Å². The van der Waals surface area contributed by atoms with E-state index in [0.29, 0.717) is 29.7 Å². The number of fused-ring (bicyclic) bond motifs is 1. The second kappa shape index (κ2) is 3.96. The summed E-state index contributed by atoms with van der Waals surface area (Å²) in [5.74, 6) is 0.376. The normalized spacial score (nSPS) is 17.7. The number of carbonyl (C=O) groups excluding carboxylic acids is 2. The van der Waals surface area contributed by atoms with Crippen molar-refractivity contribution in [1.29, 1.82) is 0 Å². The number of hydrogen-bond donors (Lipinski definition) is 1. The van der Waals surface area contributed by atoms with E-state index in [2.05, 4.69) is 0 Å². The number of rotatable bonds is 3. The van der Waals surface area contributed by atoms with E-state index in [1.165, 1.54) is 13.0 Å². The van der Waals surface area contributed by atoms with Gasteiger partial charge in [-0.2, -0.15) is 0 Å². The van der Waals surface area contributed by atoms with Crippen LogP contribution in [0.2, 0.25) is 0 Å². The number of ether oxygens (including phenoxy) is 1. The highest BCUT2D eigenvalue weighted by Gasteiger charge is 2.28. The van der Waals surface area contributed by atoms with Crippen LogP contribution in [0.1, 0.15) is 29.3 Å². The molecule has 0 saturated carbocycles. The summed E-state index contributed by atoms with van der Waals surface area (Å²) >= 11 is 0. The lowest BCUT2D eigenvalue weighted by molar-refractivity contribution is -0.109. The summed E-state index contributed by atoms with van der Waals surface area (Å²) in [6, 6.07) is 3.07. The van der Waals surface area contributed by atoms with Gasteiger partial charge in [-0.15, -0.1) is 0 Å². The van der Waals surface area contributed by atoms with E-state index < -0.39 is 0 Å². The molecule has 0 radical (unpaired) electrons. The Morgan fingerprint density at radius 2 is 2.38 bits per heavy atom. The van der Waals surface area contributed by atoms with E-state index in [9.17, 15) is 14.7 Å². The minimum Gasteiger partial charge on any atom is -0.507 e. The number of phenols is 1. The van der Waals surface area contributed by atoms with Crippen LogP contribution in [-0.4, -0.2) is 23.3 Å². The van der Waals surface area contributed by atoms with E-state index in [4.69, 9.17) is 4.74 Å². The van der Waals surface area contributed by atoms with Crippen LogP contribution in [0.5, 0.6) is 11.5 Å². The summed E-state index contributed by atoms with van der Waals surface area (Å²) in [7, 11) is 0. The molecule has 1 unspecified atom stereocenters. The number of Topliss-reactive ketones (excluding diaryl/α,β-unsaturated/α-hetero) is 1. The summed E-state index contributed by atoms with van der Waals surface area (Å²) < 4.78 is 5.50. The van der Waals surface area contributed by atoms with Crippen molar-refractivity contribution in [2.24, 2.45) is 0 Å². The third kappa shape index (κ3) is 1.66. The van der Waals surface area contributed by atoms with E-state index >= 15 is 0 Å². The lowest BCUT2D eigenvalue weighted by Gasteiger charge is -2.06. The highest BCUT2D eigenvalue weighted by Crippen LogP contribution is 2.36. The Balaban J connectivity index is 2.41. The molecule has 0 saturated heterocycles. The third-order valence-electron chi connectivity index (χ3n) is 2.68. The molecule has 0 bridgehead atoms. The fourth-order valence-corrected chi connectivity index (χ4v) is 2.01. The first kappa shape index (κ1) is 10.7. The molecule has 0 fully saturated rings. The molecule has 1 aromatic carbocycles. The maximum absolute atomic E-state index is 11.4. The summed E-state index contributed by atoms with van der Waals surface area (Å²) in [6.07, 6.45) is 1.38. The number of ketones is 1. The van der Waals surface area contributed by atoms with Gasteiger partial charge in [0.2, 0.25) is 0 Å². The minimum atomic E-state index is -0.215. The Kier molecular flexibility index (Phi) is 2.64. The van der Waals surface area contributed by atoms with Crippen molar-refractivity contribution >= 4 is 12.1 Å². The average molecular weight is 220 g/mol. The van der Waals surface area contributed by atoms with Crippen molar-refractivity contribution in [1.82, 2.24) is 0 Å². The van der Waals surface area contributed by atoms with Gasteiger partial charge in [-0.05, 0) is 19.1 Å². The Hall–Kier alpha value is -1.84. The van der Waals surface area contributed by atoms with Gasteiger partial charge in [0.1, 0.15) is 23.9 Å². The molecule has 0 spiro atoms. The molecule has 1 aliphatic rings. The Morgan fingerprint density at radius 1 is 1.62 bits per heavy atom. The molecule has 0 aliphatic carbocycles. The van der Waals surface area contributed by atoms with Crippen LogP contribution in [-0.2, 0) is 11.2 Å². The molecule has 1 N–H and O–H groups in total. The molecule has 4 heteroatoms. The predicted molar refractivity (Wildman–Crippen MR) is 56.9 cm³/mol. The van der Waals surface area contributed by atoms with Gasteiger partial charge in [0.15, 0.2) is 5.78 Å². The zero-order valence-corrected chi connectivity index (χ0v) is 8.90. The fourth-order valence-electron chi connectivity index (χ4n) is 2.01. The van der Waals surface area contributed by atoms with Crippen LogP contribution < -0.4 is 4.74 Å². The quantitative estimate of drug-likeness (QED) is 0.619. The average Bonchev–Trinajstić information content (AvgIpc) is 2.59. The second-order valence-corrected chi connectivity index (χ2v) is 3.84. The van der Waals surface area contributed by atoms with Gasteiger partial charge in [0, 0.05) is 18.4 Å². The smallest absolute Gasteiger partial charge is 0.163 e. The van der Waals surface area contributed by atoms with Gasteiger partial charge in [0.05, 0.1) is 5.56 Å². The van der Waals surface area contributed by atoms with Crippen molar-refractivity contribution in [2.45, 2.75) is 25.9 Å². The number of aldehydes is 1. The lowest BCUT2D eigenvalue weighted by Crippen LogP contribution is -2.13. The molecule has 1 aliphatic heterocycles. The Labute approximate surface area is 92.8 Å². The molecule has 0 aromatic heterocycles. The highest BCUT2D eigenvalue weighted by molar-refractivity contribution is 5.99. The lowest BCUT2D eigenvalue weighted by atomic mass is 9.99. The third-order valence-corrected chi connectivity index (χ3v) is 2.68. The molecule has 16 heavy (non-hydrogen) atoms. The number of phenolic OH excluding ortho intramolecular Hbond substituents is 1. The standard InChI is InChI=1S/C12H12O4/c1-7(14)12-9-6-8(4-5-13)16-11(9)3-2-10(12)15/h2-3,5,8,15H,4,6H2,1H3. The zero-order valence-electron chi connectivity index (χ0n) is 8.90. The van der Waals surface area contributed by atoms with Gasteiger partial charge in [-0.25, -0.2) is 0 Å². The minimum absolute atomic E-state index is 0.0263. The predicted octanol–water partition coefficient (Wildman–Crippen LogP) is 1.49. The Morgan fingerprint density at radius 3 is 3.00 bits per heavy atom. The van der Waals surface area contributed by atoms with Crippen LogP contribution >= 0.6 is 0 Å². The molecule has 1 aromatic rings. The maximum Gasteiger partial charge on any atom is 0.163 e. The molecule has 1 atom stereocenters. The molecule has 0 amide bonds. The zero-order chi connectivity index (χ0) is 11.7. The van der Waals surface area contributed by atoms with Gasteiger partial charge in [0.25, 0.3) is 0 Å². The second-order valence-electron chi connectivity index (χ2n) is 3.84. The van der Waals surface area contributed by atoms with E-state index in [0.717, 1.165) is 6.29 Å². The van der Waals surface area contributed by atoms with Crippen molar-refractivity contribution in [3.8, 4) is 11.5 Å². The van der Waals surface area contributed by atoms with Crippen molar-refractivity contribution in [2.75, 3.05) is 0 Å². The van der Waals surface area contributed by atoms with Gasteiger partial charge >= 0.3 is 0 Å². The van der Waals surface area contributed by atoms with E-state index in [-0.39, 0.29) is 17.6 Å². The first-order valence-corrected chi connectivity index (χ1v) is 5.09. The largest absolute Gasteiger partial charge is 0.507 e. The fraction of sp³-hybridized carbons (Fsp3) is 0.333. The maximum atomic E-state index is 11.4. The molecule has 84 valence electrons. The number of aromatic hydroxyl groups is 1. The van der Waals surface area contributed by atoms with Crippen molar-refractivity contribution in [3.05, 3.63) is 23.3 Å². The van der Waals surface area contributed by atoms with Crippen molar-refractivity contribution < 1.29 is 19.4 Å². The van der Waals surface area contributed by atoms with E-state index in [1.54, 1.807) is 6.07 Å². The van der Waals surface area contributed by atoms with Crippen LogP contribution in [0.4, 0.5) is 0 Å². The highest BCUT2D eigenvalue weighted by atomic mass is 16.5. The first-order chi connectivity index (χ1) is 7.63. The first-order valence-electron chi connectivity index (χ1n) is 5.09. The molecular weight excluding hydrogens is 208 g/mol. The number of benzene rings is 1. The van der Waals surface area contributed by atoms with Crippen LogP contribution in [0.15, 0.2) is 12.1 Å². The summed E-state index contributed by atoms with van der Waals surface area (Å²) in [5.41, 5.74) is 1.02. The van der Waals surface area contributed by atoms with Crippen LogP contribution in [0.25, 0.3) is 0 Å². The summed E-state index contributed by atoms with van der Waals surface area (Å²) in [6.45, 7) is 1.41. The molecule has 4 nitrogen and oxygen atoms in total. The molecular formula is C12H12O4. The molecule has 2 rings (SSSR count). The number of hydrogen-bond acceptors (Lipinski definition) is 4. The molecule has 1 heterocycles. The summed E-state index contributed by atoms with van der Waals surface area (Å²) in [4.78, 5) is 21.8. The van der Waals surface area contributed by atoms with Crippen LogP contribution in [0, 0.1) is 0 Å². The SMILES string of the molecule is CC(=O)c1c(O)ccc2c1CC(CC=O)O2. The summed E-state index contributed by atoms with van der Waals surface area (Å²) in [5, 5.41) is 9.62. The van der Waals surface area contributed by atoms with Crippen LogP contribution in [0.3, 0.4) is 0 Å². The Bertz CT molecular complexity index is 451. The van der Waals surface area contributed by atoms with Gasteiger partial charge in [-0.3, -0.25) is 4.79 Å². The van der Waals surface area contributed by atoms with Gasteiger partial charge < -0.3 is 14.6 Å². The monoisotopic (exact) mass is 220 g/mol.